The van der Waals surface area contributed by atoms with Crippen LogP contribution in [0.25, 0.3) is 0 Å². The fourth-order valence-corrected chi connectivity index (χ4v) is 9.48. The summed E-state index contributed by atoms with van der Waals surface area (Å²) in [6.45, 7) is 6.87. The number of rotatable bonds is 5. The SMILES string of the molecule is CC(=O)[C@H]1CCC2C3CC[C@@H]4C[C@@](O)(CCCc5ccccc5)CC[C@]4(C)C3CC[C@@]21C. The first-order valence-electron chi connectivity index (χ1n) is 13.5. The third-order valence-corrected chi connectivity index (χ3v) is 11.3. The molecular formula is C30H44O2. The number of fused-ring (bicyclic) bond motifs is 5. The highest BCUT2D eigenvalue weighted by atomic mass is 16.3. The van der Waals surface area contributed by atoms with Gasteiger partial charge in [0.25, 0.3) is 0 Å². The van der Waals surface area contributed by atoms with Crippen LogP contribution in [0.5, 0.6) is 0 Å². The summed E-state index contributed by atoms with van der Waals surface area (Å²) in [4.78, 5) is 12.4. The highest BCUT2D eigenvalue weighted by Crippen LogP contribution is 2.68. The number of Topliss-reactive ketones (excluding diaryl/α,β-unsaturated/α-hetero) is 1. The predicted octanol–water partition coefficient (Wildman–Crippen LogP) is 6.99. The summed E-state index contributed by atoms with van der Waals surface area (Å²) in [5.41, 5.74) is 1.58. The zero-order valence-electron chi connectivity index (χ0n) is 20.6. The van der Waals surface area contributed by atoms with Crippen molar-refractivity contribution >= 4 is 5.78 Å². The van der Waals surface area contributed by atoms with Crippen molar-refractivity contribution < 1.29 is 9.90 Å². The smallest absolute Gasteiger partial charge is 0.133 e. The van der Waals surface area contributed by atoms with E-state index in [9.17, 15) is 9.90 Å². The summed E-state index contributed by atoms with van der Waals surface area (Å²) in [7, 11) is 0. The van der Waals surface area contributed by atoms with Crippen molar-refractivity contribution in [2.45, 2.75) is 103 Å². The summed E-state index contributed by atoms with van der Waals surface area (Å²) in [6.07, 6.45) is 13.9. The van der Waals surface area contributed by atoms with Gasteiger partial charge in [0.2, 0.25) is 0 Å². The minimum absolute atomic E-state index is 0.253. The molecule has 0 spiro atoms. The van der Waals surface area contributed by atoms with Crippen molar-refractivity contribution in [1.82, 2.24) is 0 Å². The molecule has 4 fully saturated rings. The standard InChI is InChI=1S/C30H44O2/c1-21(31)25-13-14-26-24-12-11-23-20-30(32,16-7-10-22-8-5-4-6-9-22)19-18-28(23,2)27(24)15-17-29(25,26)3/h4-6,8-9,23-27,32H,7,10-20H2,1-3H3/t23-,24?,25-,26?,27?,28+,29-,30-/m1/s1. The second-order valence-corrected chi connectivity index (χ2v) is 12.7. The summed E-state index contributed by atoms with van der Waals surface area (Å²) in [5.74, 6) is 3.78. The van der Waals surface area contributed by atoms with Crippen LogP contribution >= 0.6 is 0 Å². The van der Waals surface area contributed by atoms with Crippen LogP contribution in [0.1, 0.15) is 97.0 Å². The van der Waals surface area contributed by atoms with Crippen LogP contribution < -0.4 is 0 Å². The number of aliphatic hydroxyl groups is 1. The van der Waals surface area contributed by atoms with E-state index in [2.05, 4.69) is 44.2 Å². The molecule has 5 rings (SSSR count). The second-order valence-electron chi connectivity index (χ2n) is 12.7. The topological polar surface area (TPSA) is 37.3 Å². The van der Waals surface area contributed by atoms with Gasteiger partial charge in [-0.1, -0.05) is 44.2 Å². The van der Waals surface area contributed by atoms with Gasteiger partial charge in [-0.05, 0) is 124 Å². The van der Waals surface area contributed by atoms with Crippen LogP contribution in [0.15, 0.2) is 30.3 Å². The van der Waals surface area contributed by atoms with E-state index >= 15 is 0 Å². The van der Waals surface area contributed by atoms with Crippen molar-refractivity contribution in [2.24, 2.45) is 40.4 Å². The Hall–Kier alpha value is -1.15. The monoisotopic (exact) mass is 436 g/mol. The number of hydrogen-bond donors (Lipinski definition) is 1. The fraction of sp³-hybridized carbons (Fsp3) is 0.767. The van der Waals surface area contributed by atoms with Crippen LogP contribution in [0, 0.1) is 40.4 Å². The molecule has 4 aliphatic carbocycles. The Kier molecular flexibility index (Phi) is 5.84. The van der Waals surface area contributed by atoms with E-state index in [0.29, 0.717) is 23.0 Å². The maximum atomic E-state index is 12.4. The van der Waals surface area contributed by atoms with Gasteiger partial charge >= 0.3 is 0 Å². The molecule has 4 aliphatic rings. The van der Waals surface area contributed by atoms with E-state index in [-0.39, 0.29) is 5.41 Å². The number of hydrogen-bond acceptors (Lipinski definition) is 2. The zero-order chi connectivity index (χ0) is 22.6. The molecule has 0 amide bonds. The minimum Gasteiger partial charge on any atom is -0.390 e. The van der Waals surface area contributed by atoms with Gasteiger partial charge in [-0.2, -0.15) is 0 Å². The lowest BCUT2D eigenvalue weighted by Crippen LogP contribution is -2.56. The van der Waals surface area contributed by atoms with Gasteiger partial charge in [-0.3, -0.25) is 4.79 Å². The van der Waals surface area contributed by atoms with Gasteiger partial charge in [0.1, 0.15) is 5.78 Å². The third kappa shape index (κ3) is 3.69. The highest BCUT2D eigenvalue weighted by Gasteiger charge is 2.61. The summed E-state index contributed by atoms with van der Waals surface area (Å²) < 4.78 is 0. The lowest BCUT2D eigenvalue weighted by Gasteiger charge is -2.62. The van der Waals surface area contributed by atoms with Crippen molar-refractivity contribution in [3.8, 4) is 0 Å². The average molecular weight is 437 g/mol. The maximum Gasteiger partial charge on any atom is 0.133 e. The van der Waals surface area contributed by atoms with Gasteiger partial charge in [0.05, 0.1) is 5.60 Å². The number of aryl methyl sites for hydroxylation is 1. The van der Waals surface area contributed by atoms with Crippen molar-refractivity contribution in [3.63, 3.8) is 0 Å². The summed E-state index contributed by atoms with van der Waals surface area (Å²) >= 11 is 0. The van der Waals surface area contributed by atoms with E-state index in [1.54, 1.807) is 0 Å². The van der Waals surface area contributed by atoms with Crippen LogP contribution in [0.4, 0.5) is 0 Å². The Balaban J connectivity index is 1.25. The van der Waals surface area contributed by atoms with Crippen molar-refractivity contribution in [3.05, 3.63) is 35.9 Å². The molecule has 0 saturated heterocycles. The van der Waals surface area contributed by atoms with Crippen LogP contribution in [0.2, 0.25) is 0 Å². The lowest BCUT2D eigenvalue weighted by atomic mass is 9.43. The molecule has 0 aromatic heterocycles. The molecule has 2 nitrogen and oxygen atoms in total. The van der Waals surface area contributed by atoms with E-state index in [1.165, 1.54) is 44.1 Å². The maximum absolute atomic E-state index is 12.4. The van der Waals surface area contributed by atoms with E-state index in [0.717, 1.165) is 56.3 Å². The Morgan fingerprint density at radius 1 is 0.938 bits per heavy atom. The molecule has 32 heavy (non-hydrogen) atoms. The molecule has 0 bridgehead atoms. The normalized spacial score (nSPS) is 45.6. The van der Waals surface area contributed by atoms with Crippen molar-refractivity contribution in [2.75, 3.05) is 0 Å². The first kappa shape index (κ1) is 22.6. The first-order chi connectivity index (χ1) is 15.3. The van der Waals surface area contributed by atoms with Crippen LogP contribution in [-0.4, -0.2) is 16.5 Å². The van der Waals surface area contributed by atoms with Gasteiger partial charge in [-0.15, -0.1) is 0 Å². The minimum atomic E-state index is -0.456. The Morgan fingerprint density at radius 3 is 2.44 bits per heavy atom. The van der Waals surface area contributed by atoms with Gasteiger partial charge in [-0.25, -0.2) is 0 Å². The summed E-state index contributed by atoms with van der Waals surface area (Å²) in [6, 6.07) is 10.7. The molecule has 4 saturated carbocycles. The van der Waals surface area contributed by atoms with E-state index in [1.807, 2.05) is 6.92 Å². The first-order valence-corrected chi connectivity index (χ1v) is 13.5. The predicted molar refractivity (Wildman–Crippen MR) is 130 cm³/mol. The largest absolute Gasteiger partial charge is 0.390 e. The van der Waals surface area contributed by atoms with Crippen LogP contribution in [0.3, 0.4) is 0 Å². The quantitative estimate of drug-likeness (QED) is 0.540. The molecule has 1 aromatic carbocycles. The van der Waals surface area contributed by atoms with Gasteiger partial charge < -0.3 is 5.11 Å². The third-order valence-electron chi connectivity index (χ3n) is 11.3. The Morgan fingerprint density at radius 2 is 1.69 bits per heavy atom. The highest BCUT2D eigenvalue weighted by molar-refractivity contribution is 5.79. The fourth-order valence-electron chi connectivity index (χ4n) is 9.48. The van der Waals surface area contributed by atoms with Gasteiger partial charge in [0, 0.05) is 5.92 Å². The molecule has 8 atom stereocenters. The number of carbonyl (C=O) groups is 1. The number of carbonyl (C=O) groups excluding carboxylic acids is 1. The van der Waals surface area contributed by atoms with E-state index < -0.39 is 5.60 Å². The number of benzene rings is 1. The van der Waals surface area contributed by atoms with Gasteiger partial charge in [0.15, 0.2) is 0 Å². The molecule has 0 aliphatic heterocycles. The summed E-state index contributed by atoms with van der Waals surface area (Å²) in [5, 5.41) is 11.5. The molecule has 3 unspecified atom stereocenters. The molecule has 2 heteroatoms. The number of ketones is 1. The zero-order valence-corrected chi connectivity index (χ0v) is 20.6. The molecule has 0 heterocycles. The van der Waals surface area contributed by atoms with Crippen molar-refractivity contribution in [1.29, 1.82) is 0 Å². The van der Waals surface area contributed by atoms with E-state index in [4.69, 9.17) is 0 Å². The Bertz CT molecular complexity index is 832. The molecule has 1 N–H and O–H groups in total. The Labute approximate surface area is 195 Å². The molecular weight excluding hydrogens is 392 g/mol. The molecule has 1 aromatic rings. The van der Waals surface area contributed by atoms with Crippen LogP contribution in [-0.2, 0) is 11.2 Å². The molecule has 0 radical (unpaired) electrons. The lowest BCUT2D eigenvalue weighted by molar-refractivity contribution is -0.155. The average Bonchev–Trinajstić information content (AvgIpc) is 3.13. The molecule has 176 valence electrons. The second kappa shape index (κ2) is 8.26.